The standard InChI is InChI=1S/C12H7ClF2N2O/c13-12-11(2-1-5-16-12)17(7-18)10-4-3-8(14)6-9(10)15/h1-7H. The van der Waals surface area contributed by atoms with E-state index in [-0.39, 0.29) is 16.5 Å². The van der Waals surface area contributed by atoms with Gasteiger partial charge >= 0.3 is 0 Å². The van der Waals surface area contributed by atoms with Crippen LogP contribution in [0.5, 0.6) is 0 Å². The minimum absolute atomic E-state index is 0.0494. The van der Waals surface area contributed by atoms with Crippen LogP contribution in [-0.4, -0.2) is 11.4 Å². The van der Waals surface area contributed by atoms with Crippen LogP contribution in [0.4, 0.5) is 20.2 Å². The smallest absolute Gasteiger partial charge is 0.218 e. The molecule has 2 rings (SSSR count). The molecule has 0 spiro atoms. The van der Waals surface area contributed by atoms with E-state index in [1.165, 1.54) is 12.3 Å². The Kier molecular flexibility index (Phi) is 3.53. The minimum Gasteiger partial charge on any atom is -0.278 e. The molecule has 0 radical (unpaired) electrons. The molecule has 2 aromatic rings. The number of carbonyl (C=O) groups excluding carboxylic acids is 1. The fourth-order valence-corrected chi connectivity index (χ4v) is 1.69. The minimum atomic E-state index is -0.859. The first kappa shape index (κ1) is 12.4. The molecule has 0 aliphatic heterocycles. The molecule has 3 nitrogen and oxygen atoms in total. The molecular weight excluding hydrogens is 262 g/mol. The highest BCUT2D eigenvalue weighted by atomic mass is 35.5. The molecule has 0 saturated heterocycles. The molecule has 92 valence electrons. The number of nitrogens with zero attached hydrogens (tertiary/aromatic N) is 2. The van der Waals surface area contributed by atoms with Gasteiger partial charge in [0.1, 0.15) is 11.6 Å². The maximum atomic E-state index is 13.6. The van der Waals surface area contributed by atoms with E-state index in [1.54, 1.807) is 6.07 Å². The summed E-state index contributed by atoms with van der Waals surface area (Å²) in [7, 11) is 0. The number of benzene rings is 1. The summed E-state index contributed by atoms with van der Waals surface area (Å²) in [6.07, 6.45) is 1.83. The summed E-state index contributed by atoms with van der Waals surface area (Å²) in [4.78, 5) is 15.8. The molecular formula is C12H7ClF2N2O. The number of aromatic nitrogens is 1. The topological polar surface area (TPSA) is 33.2 Å². The molecule has 0 bridgehead atoms. The molecule has 0 unspecified atom stereocenters. The zero-order valence-corrected chi connectivity index (χ0v) is 9.73. The van der Waals surface area contributed by atoms with Crippen LogP contribution >= 0.6 is 11.6 Å². The zero-order chi connectivity index (χ0) is 13.1. The zero-order valence-electron chi connectivity index (χ0n) is 8.98. The van der Waals surface area contributed by atoms with Crippen LogP contribution in [0.25, 0.3) is 0 Å². The Hall–Kier alpha value is -2.01. The highest BCUT2D eigenvalue weighted by Gasteiger charge is 2.16. The van der Waals surface area contributed by atoms with E-state index in [0.717, 1.165) is 17.0 Å². The third-order valence-corrected chi connectivity index (χ3v) is 2.56. The maximum absolute atomic E-state index is 13.6. The molecule has 0 atom stereocenters. The molecule has 0 aliphatic rings. The van der Waals surface area contributed by atoms with Crippen molar-refractivity contribution in [2.45, 2.75) is 0 Å². The van der Waals surface area contributed by atoms with E-state index in [0.29, 0.717) is 12.5 Å². The normalized spacial score (nSPS) is 10.2. The van der Waals surface area contributed by atoms with Crippen molar-refractivity contribution in [2.75, 3.05) is 4.90 Å². The third kappa shape index (κ3) is 2.31. The van der Waals surface area contributed by atoms with Crippen molar-refractivity contribution < 1.29 is 13.6 Å². The second kappa shape index (κ2) is 5.10. The molecule has 0 N–H and O–H groups in total. The van der Waals surface area contributed by atoms with Crippen molar-refractivity contribution in [3.63, 3.8) is 0 Å². The van der Waals surface area contributed by atoms with E-state index < -0.39 is 11.6 Å². The van der Waals surface area contributed by atoms with Gasteiger partial charge in [0.15, 0.2) is 5.15 Å². The first-order chi connectivity index (χ1) is 8.63. The molecule has 1 aromatic carbocycles. The van der Waals surface area contributed by atoms with Crippen LogP contribution in [0, 0.1) is 11.6 Å². The average Bonchev–Trinajstić information content (AvgIpc) is 2.34. The van der Waals surface area contributed by atoms with Crippen molar-refractivity contribution >= 4 is 29.4 Å². The number of anilines is 2. The number of halogens is 3. The van der Waals surface area contributed by atoms with Gasteiger partial charge in [0.05, 0.1) is 11.4 Å². The second-order valence-electron chi connectivity index (χ2n) is 3.38. The lowest BCUT2D eigenvalue weighted by Gasteiger charge is -2.18. The molecule has 0 aliphatic carbocycles. The monoisotopic (exact) mass is 268 g/mol. The van der Waals surface area contributed by atoms with Gasteiger partial charge in [0, 0.05) is 12.3 Å². The summed E-state index contributed by atoms with van der Waals surface area (Å²) in [5.41, 5.74) is 0.126. The van der Waals surface area contributed by atoms with Gasteiger partial charge in [0.2, 0.25) is 6.41 Å². The molecule has 18 heavy (non-hydrogen) atoms. The summed E-state index contributed by atoms with van der Waals surface area (Å²) in [6, 6.07) is 5.96. The summed E-state index contributed by atoms with van der Waals surface area (Å²) < 4.78 is 26.4. The largest absolute Gasteiger partial charge is 0.278 e. The molecule has 1 heterocycles. The second-order valence-corrected chi connectivity index (χ2v) is 3.74. The molecule has 6 heteroatoms. The number of pyridine rings is 1. The number of rotatable bonds is 3. The average molecular weight is 269 g/mol. The Bertz CT molecular complexity index is 592. The Morgan fingerprint density at radius 2 is 2.00 bits per heavy atom. The lowest BCUT2D eigenvalue weighted by molar-refractivity contribution is -0.106. The number of hydrogen-bond acceptors (Lipinski definition) is 2. The lowest BCUT2D eigenvalue weighted by Crippen LogP contribution is -2.16. The summed E-state index contributed by atoms with van der Waals surface area (Å²) >= 11 is 5.82. The number of amides is 1. The van der Waals surface area contributed by atoms with Crippen LogP contribution in [0.3, 0.4) is 0 Å². The summed E-state index contributed by atoms with van der Waals surface area (Å²) in [6.45, 7) is 0. The summed E-state index contributed by atoms with van der Waals surface area (Å²) in [5, 5.41) is 0.0494. The van der Waals surface area contributed by atoms with Gasteiger partial charge in [-0.3, -0.25) is 9.69 Å². The molecule has 1 amide bonds. The molecule has 0 saturated carbocycles. The quantitative estimate of drug-likeness (QED) is 0.632. The van der Waals surface area contributed by atoms with Crippen LogP contribution in [-0.2, 0) is 4.79 Å². The van der Waals surface area contributed by atoms with Crippen LogP contribution < -0.4 is 4.90 Å². The van der Waals surface area contributed by atoms with Gasteiger partial charge in [-0.25, -0.2) is 13.8 Å². The van der Waals surface area contributed by atoms with E-state index in [9.17, 15) is 13.6 Å². The predicted octanol–water partition coefficient (Wildman–Crippen LogP) is 3.31. The Balaban J connectivity index is 2.52. The van der Waals surface area contributed by atoms with Crippen LogP contribution in [0.1, 0.15) is 0 Å². The van der Waals surface area contributed by atoms with Gasteiger partial charge in [-0.05, 0) is 24.3 Å². The predicted molar refractivity (Wildman–Crippen MR) is 63.8 cm³/mol. The highest BCUT2D eigenvalue weighted by Crippen LogP contribution is 2.30. The fourth-order valence-electron chi connectivity index (χ4n) is 1.48. The van der Waals surface area contributed by atoms with E-state index in [1.807, 2.05) is 0 Å². The first-order valence-corrected chi connectivity index (χ1v) is 5.31. The fraction of sp³-hybridized carbons (Fsp3) is 0. The van der Waals surface area contributed by atoms with Crippen molar-refractivity contribution in [2.24, 2.45) is 0 Å². The Morgan fingerprint density at radius 3 is 2.61 bits per heavy atom. The van der Waals surface area contributed by atoms with Gasteiger partial charge in [0.25, 0.3) is 0 Å². The first-order valence-electron chi connectivity index (χ1n) is 4.93. The van der Waals surface area contributed by atoms with Crippen molar-refractivity contribution in [1.82, 2.24) is 4.98 Å². The summed E-state index contributed by atoms with van der Waals surface area (Å²) in [5.74, 6) is -1.58. The van der Waals surface area contributed by atoms with Crippen molar-refractivity contribution in [3.05, 3.63) is 53.3 Å². The van der Waals surface area contributed by atoms with E-state index in [4.69, 9.17) is 11.6 Å². The molecule has 1 aromatic heterocycles. The van der Waals surface area contributed by atoms with Gasteiger partial charge in [-0.2, -0.15) is 0 Å². The van der Waals surface area contributed by atoms with Crippen LogP contribution in [0.2, 0.25) is 5.15 Å². The number of hydrogen-bond donors (Lipinski definition) is 0. The number of carbonyl (C=O) groups is 1. The van der Waals surface area contributed by atoms with E-state index >= 15 is 0 Å². The Labute approximate surface area is 107 Å². The lowest BCUT2D eigenvalue weighted by atomic mass is 10.2. The third-order valence-electron chi connectivity index (χ3n) is 2.27. The Morgan fingerprint density at radius 1 is 1.22 bits per heavy atom. The molecule has 0 fully saturated rings. The van der Waals surface area contributed by atoms with E-state index in [2.05, 4.69) is 4.98 Å². The maximum Gasteiger partial charge on any atom is 0.218 e. The highest BCUT2D eigenvalue weighted by molar-refractivity contribution is 6.32. The van der Waals surface area contributed by atoms with Crippen molar-refractivity contribution in [3.8, 4) is 0 Å². The van der Waals surface area contributed by atoms with Crippen molar-refractivity contribution in [1.29, 1.82) is 0 Å². The van der Waals surface area contributed by atoms with Crippen LogP contribution in [0.15, 0.2) is 36.5 Å². The SMILES string of the molecule is O=CN(c1ccc(F)cc1F)c1cccnc1Cl. The van der Waals surface area contributed by atoms with Gasteiger partial charge < -0.3 is 0 Å². The van der Waals surface area contributed by atoms with Gasteiger partial charge in [-0.1, -0.05) is 11.6 Å². The van der Waals surface area contributed by atoms with Gasteiger partial charge in [-0.15, -0.1) is 0 Å².